The lowest BCUT2D eigenvalue weighted by molar-refractivity contribution is 0.102. The Bertz CT molecular complexity index is 755. The van der Waals surface area contributed by atoms with Crippen molar-refractivity contribution in [3.63, 3.8) is 0 Å². The standard InChI is InChI=1S/C19H27N5O4/c1-24(2)10-6-9-20-17-8-7-14(22-23-17)19(25)21-13-11-15(26-3)18(28-5)16(12-13)27-4/h7-8,11-12H,6,9-10H2,1-5H3,(H,20,23)(H,21,25). The van der Waals surface area contributed by atoms with Crippen LogP contribution in [0.2, 0.25) is 0 Å². The summed E-state index contributed by atoms with van der Waals surface area (Å²) < 4.78 is 15.9. The number of anilines is 2. The first-order chi connectivity index (χ1) is 13.5. The first-order valence-electron chi connectivity index (χ1n) is 8.82. The molecule has 0 unspecified atom stereocenters. The summed E-state index contributed by atoms with van der Waals surface area (Å²) in [4.78, 5) is 14.6. The Labute approximate surface area is 165 Å². The lowest BCUT2D eigenvalue weighted by Gasteiger charge is -2.14. The van der Waals surface area contributed by atoms with Crippen LogP contribution in [0.15, 0.2) is 24.3 Å². The number of aromatic nitrogens is 2. The fourth-order valence-electron chi connectivity index (χ4n) is 2.51. The molecule has 0 saturated carbocycles. The molecular weight excluding hydrogens is 362 g/mol. The maximum atomic E-state index is 12.5. The fraction of sp³-hybridized carbons (Fsp3) is 0.421. The smallest absolute Gasteiger partial charge is 0.276 e. The van der Waals surface area contributed by atoms with Gasteiger partial charge in [0.25, 0.3) is 5.91 Å². The van der Waals surface area contributed by atoms with E-state index in [4.69, 9.17) is 14.2 Å². The van der Waals surface area contributed by atoms with Gasteiger partial charge >= 0.3 is 0 Å². The summed E-state index contributed by atoms with van der Waals surface area (Å²) in [6.07, 6.45) is 0.984. The van der Waals surface area contributed by atoms with Crippen LogP contribution in [0.25, 0.3) is 0 Å². The number of carbonyl (C=O) groups excluding carboxylic acids is 1. The maximum Gasteiger partial charge on any atom is 0.276 e. The molecule has 1 heterocycles. The molecule has 28 heavy (non-hydrogen) atoms. The number of hydrogen-bond donors (Lipinski definition) is 2. The van der Waals surface area contributed by atoms with Gasteiger partial charge in [-0.3, -0.25) is 4.79 Å². The molecule has 9 nitrogen and oxygen atoms in total. The lowest BCUT2D eigenvalue weighted by Crippen LogP contribution is -2.17. The highest BCUT2D eigenvalue weighted by Crippen LogP contribution is 2.39. The summed E-state index contributed by atoms with van der Waals surface area (Å²) in [6, 6.07) is 6.64. The van der Waals surface area contributed by atoms with E-state index in [2.05, 4.69) is 25.7 Å². The highest BCUT2D eigenvalue weighted by atomic mass is 16.5. The van der Waals surface area contributed by atoms with Crippen molar-refractivity contribution in [2.45, 2.75) is 6.42 Å². The molecule has 1 aromatic carbocycles. The molecule has 2 N–H and O–H groups in total. The Morgan fingerprint density at radius 1 is 1.04 bits per heavy atom. The normalized spacial score (nSPS) is 10.5. The zero-order valence-corrected chi connectivity index (χ0v) is 16.9. The Balaban J connectivity index is 2.02. The van der Waals surface area contributed by atoms with Crippen LogP contribution in [0.5, 0.6) is 17.2 Å². The summed E-state index contributed by atoms with van der Waals surface area (Å²) in [5.74, 6) is 1.58. The van der Waals surface area contributed by atoms with E-state index >= 15 is 0 Å². The van der Waals surface area contributed by atoms with Gasteiger partial charge in [-0.25, -0.2) is 0 Å². The van der Waals surface area contributed by atoms with E-state index in [1.807, 2.05) is 14.1 Å². The molecule has 1 amide bonds. The van der Waals surface area contributed by atoms with Gasteiger partial charge in [0.2, 0.25) is 5.75 Å². The molecule has 0 bridgehead atoms. The molecular formula is C19H27N5O4. The van der Waals surface area contributed by atoms with Crippen LogP contribution in [0.1, 0.15) is 16.9 Å². The van der Waals surface area contributed by atoms with Gasteiger partial charge in [0, 0.05) is 24.4 Å². The molecule has 0 aliphatic heterocycles. The molecule has 0 radical (unpaired) electrons. The van der Waals surface area contributed by atoms with Crippen molar-refractivity contribution in [1.82, 2.24) is 15.1 Å². The Morgan fingerprint density at radius 3 is 2.21 bits per heavy atom. The quantitative estimate of drug-likeness (QED) is 0.597. The van der Waals surface area contributed by atoms with Gasteiger partial charge < -0.3 is 29.7 Å². The molecule has 152 valence electrons. The average molecular weight is 389 g/mol. The van der Waals surface area contributed by atoms with Gasteiger partial charge in [0.15, 0.2) is 17.2 Å². The predicted molar refractivity (Wildman–Crippen MR) is 108 cm³/mol. The third-order valence-electron chi connectivity index (χ3n) is 3.91. The second-order valence-corrected chi connectivity index (χ2v) is 6.26. The van der Waals surface area contributed by atoms with Crippen LogP contribution in [-0.4, -0.2) is 69.5 Å². The van der Waals surface area contributed by atoms with Crippen molar-refractivity contribution in [1.29, 1.82) is 0 Å². The highest BCUT2D eigenvalue weighted by molar-refractivity contribution is 6.03. The van der Waals surface area contributed by atoms with E-state index < -0.39 is 0 Å². The molecule has 0 saturated heterocycles. The Morgan fingerprint density at radius 2 is 1.71 bits per heavy atom. The molecule has 9 heteroatoms. The number of methoxy groups -OCH3 is 3. The first kappa shape index (κ1) is 21.2. The molecule has 0 aliphatic carbocycles. The topological polar surface area (TPSA) is 97.8 Å². The van der Waals surface area contributed by atoms with Gasteiger partial charge in [-0.2, -0.15) is 0 Å². The van der Waals surface area contributed by atoms with Crippen LogP contribution in [0, 0.1) is 0 Å². The molecule has 0 fully saturated rings. The van der Waals surface area contributed by atoms with Crippen LogP contribution < -0.4 is 24.8 Å². The van der Waals surface area contributed by atoms with E-state index in [1.165, 1.54) is 21.3 Å². The van der Waals surface area contributed by atoms with Gasteiger partial charge in [-0.05, 0) is 39.2 Å². The van der Waals surface area contributed by atoms with Gasteiger partial charge in [0.1, 0.15) is 5.82 Å². The van der Waals surface area contributed by atoms with Crippen LogP contribution >= 0.6 is 0 Å². The number of benzene rings is 1. The number of nitrogens with zero attached hydrogens (tertiary/aromatic N) is 3. The summed E-state index contributed by atoms with van der Waals surface area (Å²) in [5, 5.41) is 14.0. The number of carbonyl (C=O) groups is 1. The van der Waals surface area contributed by atoms with Crippen LogP contribution in [-0.2, 0) is 0 Å². The van der Waals surface area contributed by atoms with E-state index in [0.29, 0.717) is 28.8 Å². The number of nitrogens with one attached hydrogen (secondary N) is 2. The largest absolute Gasteiger partial charge is 0.493 e. The van der Waals surface area contributed by atoms with Crippen molar-refractivity contribution < 1.29 is 19.0 Å². The van der Waals surface area contributed by atoms with Gasteiger partial charge in [-0.15, -0.1) is 10.2 Å². The SMILES string of the molecule is COc1cc(NC(=O)c2ccc(NCCCN(C)C)nn2)cc(OC)c1OC. The van der Waals surface area contributed by atoms with Gasteiger partial charge in [0.05, 0.1) is 21.3 Å². The van der Waals surface area contributed by atoms with Crippen LogP contribution in [0.4, 0.5) is 11.5 Å². The van der Waals surface area contributed by atoms with Crippen molar-refractivity contribution in [2.75, 3.05) is 59.1 Å². The summed E-state index contributed by atoms with van der Waals surface area (Å²) in [5.41, 5.74) is 0.694. The second kappa shape index (κ2) is 10.3. The van der Waals surface area contributed by atoms with E-state index in [-0.39, 0.29) is 11.6 Å². The average Bonchev–Trinajstić information content (AvgIpc) is 2.70. The minimum absolute atomic E-state index is 0.201. The van der Waals surface area contributed by atoms with Crippen molar-refractivity contribution in [3.8, 4) is 17.2 Å². The fourth-order valence-corrected chi connectivity index (χ4v) is 2.51. The molecule has 0 atom stereocenters. The maximum absolute atomic E-state index is 12.5. The zero-order valence-electron chi connectivity index (χ0n) is 16.9. The molecule has 0 aliphatic rings. The van der Waals surface area contributed by atoms with Gasteiger partial charge in [-0.1, -0.05) is 0 Å². The monoisotopic (exact) mass is 389 g/mol. The highest BCUT2D eigenvalue weighted by Gasteiger charge is 2.16. The zero-order chi connectivity index (χ0) is 20.5. The van der Waals surface area contributed by atoms with Crippen LogP contribution in [0.3, 0.4) is 0 Å². The molecule has 0 spiro atoms. The minimum atomic E-state index is -0.388. The summed E-state index contributed by atoms with van der Waals surface area (Å²) >= 11 is 0. The van der Waals surface area contributed by atoms with Crippen molar-refractivity contribution in [2.24, 2.45) is 0 Å². The van der Waals surface area contributed by atoms with Crippen molar-refractivity contribution >= 4 is 17.4 Å². The molecule has 2 aromatic rings. The minimum Gasteiger partial charge on any atom is -0.493 e. The third-order valence-corrected chi connectivity index (χ3v) is 3.91. The Kier molecular flexibility index (Phi) is 7.82. The number of rotatable bonds is 10. The summed E-state index contributed by atoms with van der Waals surface area (Å²) in [7, 11) is 8.60. The second-order valence-electron chi connectivity index (χ2n) is 6.26. The number of hydrogen-bond acceptors (Lipinski definition) is 8. The lowest BCUT2D eigenvalue weighted by atomic mass is 10.2. The van der Waals surface area contributed by atoms with E-state index in [9.17, 15) is 4.79 Å². The predicted octanol–water partition coefficient (Wildman–Crippen LogP) is 2.12. The Hall–Kier alpha value is -3.07. The van der Waals surface area contributed by atoms with E-state index in [0.717, 1.165) is 19.5 Å². The number of amides is 1. The summed E-state index contributed by atoms with van der Waals surface area (Å²) in [6.45, 7) is 1.76. The van der Waals surface area contributed by atoms with E-state index in [1.54, 1.807) is 24.3 Å². The molecule has 2 rings (SSSR count). The van der Waals surface area contributed by atoms with Crippen molar-refractivity contribution in [3.05, 3.63) is 30.0 Å². The number of ether oxygens (including phenoxy) is 3. The molecule has 1 aromatic heterocycles. The third kappa shape index (κ3) is 5.71. The first-order valence-corrected chi connectivity index (χ1v) is 8.82.